The van der Waals surface area contributed by atoms with E-state index in [9.17, 15) is 4.79 Å². The van der Waals surface area contributed by atoms with Crippen LogP contribution in [-0.2, 0) is 9.53 Å². The Morgan fingerprint density at radius 1 is 1.78 bits per heavy atom. The summed E-state index contributed by atoms with van der Waals surface area (Å²) < 4.78 is 4.89. The van der Waals surface area contributed by atoms with Crippen molar-refractivity contribution < 1.29 is 9.53 Å². The quantitative estimate of drug-likeness (QED) is 0.488. The normalized spacial score (nSPS) is 25.4. The van der Waals surface area contributed by atoms with Gasteiger partial charge in [0.05, 0.1) is 6.26 Å². The van der Waals surface area contributed by atoms with Crippen LogP contribution in [0.15, 0.2) is 24.5 Å². The number of hydrogen-bond acceptors (Lipinski definition) is 2. The molecule has 0 saturated heterocycles. The molecule has 2 heteroatoms. The van der Waals surface area contributed by atoms with E-state index in [0.29, 0.717) is 0 Å². The van der Waals surface area contributed by atoms with Crippen molar-refractivity contribution in [3.8, 4) is 0 Å². The summed E-state index contributed by atoms with van der Waals surface area (Å²) in [7, 11) is 0. The lowest BCUT2D eigenvalue weighted by Gasteiger charge is -1.99. The molecular formula is C7H8O2. The first-order chi connectivity index (χ1) is 4.34. The fourth-order valence-corrected chi connectivity index (χ4v) is 0.668. The zero-order valence-electron chi connectivity index (χ0n) is 5.20. The van der Waals surface area contributed by atoms with Crippen molar-refractivity contribution in [3.05, 3.63) is 24.5 Å². The second kappa shape index (κ2) is 2.49. The summed E-state index contributed by atoms with van der Waals surface area (Å²) in [6.45, 7) is 1.86. The van der Waals surface area contributed by atoms with Gasteiger partial charge in [0.2, 0.25) is 5.78 Å². The van der Waals surface area contributed by atoms with Crippen molar-refractivity contribution in [3.63, 3.8) is 0 Å². The first-order valence-electron chi connectivity index (χ1n) is 2.83. The minimum atomic E-state index is -0.352. The van der Waals surface area contributed by atoms with Gasteiger partial charge >= 0.3 is 0 Å². The van der Waals surface area contributed by atoms with E-state index in [2.05, 4.69) is 0 Å². The van der Waals surface area contributed by atoms with Crippen LogP contribution in [0.25, 0.3) is 0 Å². The van der Waals surface area contributed by atoms with Gasteiger partial charge in [-0.1, -0.05) is 6.08 Å². The zero-order valence-corrected chi connectivity index (χ0v) is 5.20. The number of carbonyl (C=O) groups excluding carboxylic acids is 1. The lowest BCUT2D eigenvalue weighted by Crippen LogP contribution is -2.11. The minimum Gasteiger partial charge on any atom is -0.486 e. The highest BCUT2D eigenvalue weighted by atomic mass is 16.5. The fourth-order valence-electron chi connectivity index (χ4n) is 0.668. The average Bonchev–Trinajstić information content (AvgIpc) is 2.18. The predicted octanol–water partition coefficient (Wildman–Crippen LogP) is 1.04. The van der Waals surface area contributed by atoms with E-state index in [1.54, 1.807) is 12.2 Å². The van der Waals surface area contributed by atoms with Crippen molar-refractivity contribution in [1.82, 2.24) is 0 Å². The van der Waals surface area contributed by atoms with Gasteiger partial charge in [-0.2, -0.15) is 0 Å². The summed E-state index contributed by atoms with van der Waals surface area (Å²) in [5, 5.41) is 0. The fraction of sp³-hybridized carbons (Fsp3) is 0.286. The maximum Gasteiger partial charge on any atom is 0.203 e. The van der Waals surface area contributed by atoms with Crippen LogP contribution in [-0.4, -0.2) is 11.9 Å². The molecular weight excluding hydrogens is 116 g/mol. The molecule has 0 aromatic carbocycles. The van der Waals surface area contributed by atoms with E-state index in [0.717, 1.165) is 0 Å². The Balaban J connectivity index is 2.56. The molecule has 0 aromatic heterocycles. The summed E-state index contributed by atoms with van der Waals surface area (Å²) in [5.41, 5.74) is 0. The maximum atomic E-state index is 10.7. The molecule has 1 atom stereocenters. The molecule has 0 fully saturated rings. The Labute approximate surface area is 53.8 Å². The Morgan fingerprint density at radius 2 is 2.56 bits per heavy atom. The predicted molar refractivity (Wildman–Crippen MR) is 33.8 cm³/mol. The Bertz CT molecular complexity index is 168. The number of rotatable bonds is 1. The monoisotopic (exact) mass is 124 g/mol. The number of ether oxygens (including phenoxy) is 1. The number of ketones is 1. The Morgan fingerprint density at radius 3 is 3.00 bits per heavy atom. The molecule has 0 bridgehead atoms. The molecule has 9 heavy (non-hydrogen) atoms. The SMILES string of the molecule is CC=CC1OC=CC1=O. The van der Waals surface area contributed by atoms with Crippen molar-refractivity contribution in [2.75, 3.05) is 0 Å². The van der Waals surface area contributed by atoms with Gasteiger partial charge in [0.1, 0.15) is 0 Å². The number of carbonyl (C=O) groups is 1. The molecule has 0 amide bonds. The van der Waals surface area contributed by atoms with Crippen LogP contribution < -0.4 is 0 Å². The van der Waals surface area contributed by atoms with Crippen LogP contribution in [0.5, 0.6) is 0 Å². The minimum absolute atomic E-state index is 0.0214. The third kappa shape index (κ3) is 1.19. The third-order valence-electron chi connectivity index (χ3n) is 1.11. The molecule has 2 nitrogen and oxygen atoms in total. The second-order valence-corrected chi connectivity index (χ2v) is 1.79. The molecule has 0 radical (unpaired) electrons. The Hall–Kier alpha value is -1.05. The van der Waals surface area contributed by atoms with Gasteiger partial charge in [0.25, 0.3) is 0 Å². The van der Waals surface area contributed by atoms with Crippen molar-refractivity contribution in [1.29, 1.82) is 0 Å². The van der Waals surface area contributed by atoms with Gasteiger partial charge in [0.15, 0.2) is 6.10 Å². The van der Waals surface area contributed by atoms with Gasteiger partial charge in [0, 0.05) is 6.08 Å². The van der Waals surface area contributed by atoms with Crippen LogP contribution in [0, 0.1) is 0 Å². The molecule has 0 N–H and O–H groups in total. The Kier molecular flexibility index (Phi) is 1.68. The van der Waals surface area contributed by atoms with Crippen LogP contribution in [0.2, 0.25) is 0 Å². The molecule has 1 unspecified atom stereocenters. The van der Waals surface area contributed by atoms with E-state index < -0.39 is 0 Å². The van der Waals surface area contributed by atoms with Gasteiger partial charge in [-0.3, -0.25) is 4.79 Å². The van der Waals surface area contributed by atoms with Crippen LogP contribution in [0.1, 0.15) is 6.92 Å². The molecule has 1 aliphatic heterocycles. The third-order valence-corrected chi connectivity index (χ3v) is 1.11. The molecule has 0 spiro atoms. The smallest absolute Gasteiger partial charge is 0.203 e. The standard InChI is InChI=1S/C7H8O2/c1-2-3-7-6(8)4-5-9-7/h2-5,7H,1H3. The van der Waals surface area contributed by atoms with Crippen LogP contribution in [0.4, 0.5) is 0 Å². The van der Waals surface area contributed by atoms with E-state index >= 15 is 0 Å². The van der Waals surface area contributed by atoms with E-state index in [1.807, 2.05) is 6.92 Å². The largest absolute Gasteiger partial charge is 0.486 e. The molecule has 0 aromatic rings. The van der Waals surface area contributed by atoms with Gasteiger partial charge in [-0.25, -0.2) is 0 Å². The highest BCUT2D eigenvalue weighted by Gasteiger charge is 2.16. The molecule has 48 valence electrons. The number of hydrogen-bond donors (Lipinski definition) is 0. The van der Waals surface area contributed by atoms with E-state index in [1.165, 1.54) is 12.3 Å². The van der Waals surface area contributed by atoms with Crippen molar-refractivity contribution in [2.45, 2.75) is 13.0 Å². The highest BCUT2D eigenvalue weighted by Crippen LogP contribution is 2.05. The summed E-state index contributed by atoms with van der Waals surface area (Å²) >= 11 is 0. The van der Waals surface area contributed by atoms with Gasteiger partial charge in [-0.15, -0.1) is 0 Å². The van der Waals surface area contributed by atoms with E-state index in [4.69, 9.17) is 4.74 Å². The lowest BCUT2D eigenvalue weighted by molar-refractivity contribution is -0.118. The van der Waals surface area contributed by atoms with Gasteiger partial charge in [-0.05, 0) is 13.0 Å². The zero-order chi connectivity index (χ0) is 6.69. The summed E-state index contributed by atoms with van der Waals surface area (Å²) in [5.74, 6) is 0.0214. The first kappa shape index (κ1) is 6.08. The molecule has 0 aliphatic carbocycles. The molecule has 1 rings (SSSR count). The maximum absolute atomic E-state index is 10.7. The molecule has 1 aliphatic rings. The van der Waals surface area contributed by atoms with Crippen molar-refractivity contribution in [2.24, 2.45) is 0 Å². The van der Waals surface area contributed by atoms with Crippen molar-refractivity contribution >= 4 is 5.78 Å². The molecule has 0 saturated carbocycles. The van der Waals surface area contributed by atoms with Crippen LogP contribution >= 0.6 is 0 Å². The topological polar surface area (TPSA) is 26.3 Å². The summed E-state index contributed by atoms with van der Waals surface area (Å²) in [6, 6.07) is 0. The van der Waals surface area contributed by atoms with E-state index in [-0.39, 0.29) is 11.9 Å². The highest BCUT2D eigenvalue weighted by molar-refractivity contribution is 5.96. The average molecular weight is 124 g/mol. The lowest BCUT2D eigenvalue weighted by atomic mass is 10.2. The molecule has 1 heterocycles. The summed E-state index contributed by atoms with van der Waals surface area (Å²) in [6.07, 6.45) is 6.03. The number of allylic oxidation sites excluding steroid dienone is 1. The first-order valence-corrected chi connectivity index (χ1v) is 2.83. The van der Waals surface area contributed by atoms with Gasteiger partial charge < -0.3 is 4.74 Å². The second-order valence-electron chi connectivity index (χ2n) is 1.79. The van der Waals surface area contributed by atoms with Crippen LogP contribution in [0.3, 0.4) is 0 Å². The summed E-state index contributed by atoms with van der Waals surface area (Å²) in [4.78, 5) is 10.7.